The molecule has 0 spiro atoms. The first-order valence-corrected chi connectivity index (χ1v) is 19.6. The van der Waals surface area contributed by atoms with E-state index in [0.29, 0.717) is 24.4 Å². The lowest BCUT2D eigenvalue weighted by Crippen LogP contribution is -2.37. The average Bonchev–Trinajstić information content (AvgIpc) is 3.95. The number of pyridine rings is 2. The molecule has 9 nitrogen and oxygen atoms in total. The lowest BCUT2D eigenvalue weighted by Gasteiger charge is -2.28. The highest BCUT2D eigenvalue weighted by molar-refractivity contribution is 5.97. The predicted octanol–water partition coefficient (Wildman–Crippen LogP) is 7.63. The van der Waals surface area contributed by atoms with Gasteiger partial charge in [-0.3, -0.25) is 9.78 Å². The van der Waals surface area contributed by atoms with Gasteiger partial charge in [-0.05, 0) is 43.0 Å². The maximum absolute atomic E-state index is 12.3. The number of hydrogen-bond acceptors (Lipinski definition) is 7. The van der Waals surface area contributed by atoms with Gasteiger partial charge in [0.25, 0.3) is 0 Å². The van der Waals surface area contributed by atoms with Crippen molar-refractivity contribution in [2.75, 3.05) is 42.5 Å². The normalized spacial score (nSPS) is 20.0. The Balaban J connectivity index is 0.897. The maximum atomic E-state index is 12.3. The molecule has 4 aliphatic rings. The number of aromatic nitrogens is 4. The summed E-state index contributed by atoms with van der Waals surface area (Å²) in [6.45, 7) is 20.2. The van der Waals surface area contributed by atoms with E-state index in [0.717, 1.165) is 103 Å². The van der Waals surface area contributed by atoms with Gasteiger partial charge in [-0.25, -0.2) is 9.97 Å². The van der Waals surface area contributed by atoms with Gasteiger partial charge in [0.2, 0.25) is 5.91 Å². The highest BCUT2D eigenvalue weighted by atomic mass is 16.2. The van der Waals surface area contributed by atoms with E-state index in [2.05, 4.69) is 101 Å². The number of carbonyl (C=O) groups is 1. The number of benzene rings is 2. The molecule has 0 saturated carbocycles. The predicted molar refractivity (Wildman–Crippen MR) is 213 cm³/mol. The highest BCUT2D eigenvalue weighted by Gasteiger charge is 2.42. The molecule has 0 radical (unpaired) electrons. The van der Waals surface area contributed by atoms with Crippen LogP contribution in [0, 0.1) is 11.8 Å². The minimum Gasteiger partial charge on any atom is -0.371 e. The summed E-state index contributed by atoms with van der Waals surface area (Å²) in [5.41, 5.74) is 10.4. The van der Waals surface area contributed by atoms with Gasteiger partial charge in [0.05, 0.1) is 23.6 Å². The number of rotatable bonds is 8. The van der Waals surface area contributed by atoms with E-state index in [9.17, 15) is 4.79 Å². The van der Waals surface area contributed by atoms with E-state index in [-0.39, 0.29) is 5.91 Å². The fraction of sp³-hybridized carbons (Fsp3) is 0.409. The second-order valence-corrected chi connectivity index (χ2v) is 15.6. The molecule has 53 heavy (non-hydrogen) atoms. The fourth-order valence-electron chi connectivity index (χ4n) is 9.56. The molecule has 4 aliphatic heterocycles. The van der Waals surface area contributed by atoms with Crippen LogP contribution in [0.4, 0.5) is 11.5 Å². The van der Waals surface area contributed by atoms with Crippen LogP contribution in [0.1, 0.15) is 63.2 Å². The number of imidazole rings is 1. The van der Waals surface area contributed by atoms with Crippen LogP contribution >= 0.6 is 0 Å². The monoisotopic (exact) mass is 706 g/mol. The Morgan fingerprint density at radius 3 is 2.42 bits per heavy atom. The highest BCUT2D eigenvalue weighted by Crippen LogP contribution is 2.43. The quantitative estimate of drug-likeness (QED) is 0.164. The summed E-state index contributed by atoms with van der Waals surface area (Å²) in [5, 5.41) is 2.18. The topological polar surface area (TPSA) is 73.6 Å². The van der Waals surface area contributed by atoms with Gasteiger partial charge in [0.1, 0.15) is 11.6 Å². The van der Waals surface area contributed by atoms with Gasteiger partial charge in [-0.15, -0.1) is 0 Å². The van der Waals surface area contributed by atoms with Crippen molar-refractivity contribution >= 4 is 33.9 Å². The Morgan fingerprint density at radius 2 is 1.68 bits per heavy atom. The maximum Gasteiger partial charge on any atom is 0.219 e. The van der Waals surface area contributed by atoms with Crippen molar-refractivity contribution in [2.24, 2.45) is 11.8 Å². The van der Waals surface area contributed by atoms with E-state index < -0.39 is 0 Å². The van der Waals surface area contributed by atoms with Crippen LogP contribution in [0.25, 0.3) is 39.0 Å². The first-order chi connectivity index (χ1) is 25.8. The second-order valence-electron chi connectivity index (χ2n) is 15.6. The molecule has 9 heteroatoms. The Kier molecular flexibility index (Phi) is 8.47. The van der Waals surface area contributed by atoms with Crippen molar-refractivity contribution in [1.29, 1.82) is 0 Å². The molecule has 3 aromatic heterocycles. The molecule has 3 atom stereocenters. The fourth-order valence-corrected chi connectivity index (χ4v) is 9.56. The van der Waals surface area contributed by atoms with E-state index in [1.807, 2.05) is 17.3 Å². The number of fused-ring (bicyclic) bond motifs is 4. The average molecular weight is 707 g/mol. The number of hydrogen-bond donors (Lipinski definition) is 0. The minimum absolute atomic E-state index is 0.103. The van der Waals surface area contributed by atoms with Gasteiger partial charge in [-0.2, -0.15) is 0 Å². The molecule has 2 fully saturated rings. The van der Waals surface area contributed by atoms with Gasteiger partial charge in [-0.1, -0.05) is 57.2 Å². The number of aryl methyl sites for hydroxylation is 1. The molecule has 0 N–H and O–H groups in total. The van der Waals surface area contributed by atoms with Crippen molar-refractivity contribution < 1.29 is 4.79 Å². The van der Waals surface area contributed by atoms with Crippen LogP contribution < -0.4 is 9.80 Å². The molecule has 0 bridgehead atoms. The summed E-state index contributed by atoms with van der Waals surface area (Å²) in [4.78, 5) is 36.8. The Labute approximate surface area is 313 Å². The Bertz CT molecular complexity index is 2210. The number of anilines is 2. The van der Waals surface area contributed by atoms with Crippen molar-refractivity contribution in [3.63, 3.8) is 0 Å². The van der Waals surface area contributed by atoms with Crippen LogP contribution in [0.15, 0.2) is 73.6 Å². The molecule has 2 saturated heterocycles. The molecule has 5 aromatic rings. The van der Waals surface area contributed by atoms with E-state index in [1.54, 1.807) is 6.92 Å². The molecule has 0 aliphatic carbocycles. The molecule has 2 unspecified atom stereocenters. The van der Waals surface area contributed by atoms with E-state index >= 15 is 0 Å². The third-order valence-corrected chi connectivity index (χ3v) is 12.4. The van der Waals surface area contributed by atoms with Gasteiger partial charge in [0.15, 0.2) is 0 Å². The molecular formula is C44H50N8O. The van der Waals surface area contributed by atoms with E-state index in [4.69, 9.17) is 15.0 Å². The summed E-state index contributed by atoms with van der Waals surface area (Å²) in [7, 11) is 0. The zero-order chi connectivity index (χ0) is 36.4. The van der Waals surface area contributed by atoms with Gasteiger partial charge < -0.3 is 24.2 Å². The summed E-state index contributed by atoms with van der Waals surface area (Å²) in [5.74, 6) is 3.48. The summed E-state index contributed by atoms with van der Waals surface area (Å²) in [6.07, 6.45) is 7.20. The lowest BCUT2D eigenvalue weighted by atomic mass is 10.0. The van der Waals surface area contributed by atoms with Crippen LogP contribution in [0.3, 0.4) is 0 Å². The molecule has 1 amide bonds. The Hall–Kier alpha value is -5.18. The third kappa shape index (κ3) is 5.76. The SMILES string of the molecule is C=C1c2cccc(N3CC4CN(c5ccc(-c6cc7cccc(-c8nc(CC)n9c8CN(C(C)=O)CC9)c7cn6)cn5)C[C@@H]4C3)c2CN1C(C)CCC. The first kappa shape index (κ1) is 33.6. The molecule has 272 valence electrons. The largest absolute Gasteiger partial charge is 0.371 e. The summed E-state index contributed by atoms with van der Waals surface area (Å²) < 4.78 is 2.31. The van der Waals surface area contributed by atoms with Crippen LogP contribution in [-0.4, -0.2) is 74.0 Å². The van der Waals surface area contributed by atoms with Crippen molar-refractivity contribution in [1.82, 2.24) is 29.3 Å². The van der Waals surface area contributed by atoms with Crippen molar-refractivity contribution in [3.8, 4) is 22.5 Å². The second kappa shape index (κ2) is 13.3. The zero-order valence-electron chi connectivity index (χ0n) is 31.6. The van der Waals surface area contributed by atoms with E-state index in [1.165, 1.54) is 35.4 Å². The lowest BCUT2D eigenvalue weighted by molar-refractivity contribution is -0.130. The van der Waals surface area contributed by atoms with Gasteiger partial charge in [0, 0.05) is 128 Å². The van der Waals surface area contributed by atoms with Crippen LogP contribution in [-0.2, 0) is 30.8 Å². The van der Waals surface area contributed by atoms with Crippen LogP contribution in [0.5, 0.6) is 0 Å². The van der Waals surface area contributed by atoms with Crippen LogP contribution in [0.2, 0.25) is 0 Å². The molecule has 2 aromatic carbocycles. The van der Waals surface area contributed by atoms with Gasteiger partial charge >= 0.3 is 0 Å². The number of carbonyl (C=O) groups excluding carboxylic acids is 1. The molecular weight excluding hydrogens is 657 g/mol. The van der Waals surface area contributed by atoms with Crippen molar-refractivity contribution in [2.45, 2.75) is 72.6 Å². The molecule has 7 heterocycles. The minimum atomic E-state index is 0.103. The summed E-state index contributed by atoms with van der Waals surface area (Å²) >= 11 is 0. The molecule has 9 rings (SSSR count). The Morgan fingerprint density at radius 1 is 0.906 bits per heavy atom. The summed E-state index contributed by atoms with van der Waals surface area (Å²) in [6, 6.07) is 20.2. The van der Waals surface area contributed by atoms with Crippen molar-refractivity contribution in [3.05, 3.63) is 96.2 Å². The third-order valence-electron chi connectivity index (χ3n) is 12.4. The zero-order valence-corrected chi connectivity index (χ0v) is 31.6. The standard InChI is InChI=1S/C44H50N8O/c1-6-10-28(3)52-26-38-35(29(52)4)12-9-14-40(38)49-22-33-24-50(25-34(33)23-49)43-16-15-32(20-46-43)39-19-31-11-8-13-36(37(31)21-45-39)44-41-27-48(30(5)53)17-18-51(41)42(7-2)47-44/h8-9,11-16,19-21,28,33-34H,4,6-7,10,17-18,22-27H2,1-3,5H3/t28?,33-,34?/m0/s1. The number of amides is 1. The smallest absolute Gasteiger partial charge is 0.219 e. The first-order valence-electron chi connectivity index (χ1n) is 19.6. The number of nitrogens with zero attached hydrogens (tertiary/aromatic N) is 8.